The smallest absolute Gasteiger partial charge is 0.410 e. The summed E-state index contributed by atoms with van der Waals surface area (Å²) in [5.74, 6) is 0. The van der Waals surface area contributed by atoms with Gasteiger partial charge in [-0.1, -0.05) is 0 Å². The third-order valence-corrected chi connectivity index (χ3v) is 3.78. The lowest BCUT2D eigenvalue weighted by Crippen LogP contribution is -2.64. The van der Waals surface area contributed by atoms with Crippen LogP contribution in [0.4, 0.5) is 13.6 Å². The van der Waals surface area contributed by atoms with Gasteiger partial charge in [-0.05, 0) is 33.6 Å². The lowest BCUT2D eigenvalue weighted by molar-refractivity contribution is -0.0575. The molecule has 2 aliphatic rings. The number of carbonyl (C=O) groups excluding carboxylic acids is 1. The van der Waals surface area contributed by atoms with Gasteiger partial charge in [-0.15, -0.1) is 0 Å². The normalized spacial score (nSPS) is 31.6. The van der Waals surface area contributed by atoms with Crippen molar-refractivity contribution in [2.24, 2.45) is 0 Å². The van der Waals surface area contributed by atoms with E-state index in [1.807, 2.05) is 0 Å². The first kappa shape index (κ1) is 15.4. The van der Waals surface area contributed by atoms with Crippen molar-refractivity contribution in [2.75, 3.05) is 6.54 Å². The molecule has 2 N–H and O–H groups in total. The summed E-state index contributed by atoms with van der Waals surface area (Å²) in [5, 5.41) is 12.5. The van der Waals surface area contributed by atoms with Crippen molar-refractivity contribution >= 4 is 6.09 Å². The predicted molar refractivity (Wildman–Crippen MR) is 68.7 cm³/mol. The minimum atomic E-state index is -2.83. The minimum absolute atomic E-state index is 0.0454. The van der Waals surface area contributed by atoms with Gasteiger partial charge in [0.15, 0.2) is 0 Å². The number of ether oxygens (including phenoxy) is 1. The molecule has 20 heavy (non-hydrogen) atoms. The van der Waals surface area contributed by atoms with E-state index in [0.29, 0.717) is 13.0 Å². The molecule has 116 valence electrons. The van der Waals surface area contributed by atoms with Gasteiger partial charge < -0.3 is 15.2 Å². The maximum Gasteiger partial charge on any atom is 0.410 e. The summed E-state index contributed by atoms with van der Waals surface area (Å²) in [6.45, 7) is 5.70. The second-order valence-electron chi connectivity index (χ2n) is 6.45. The second kappa shape index (κ2) is 5.44. The average molecular weight is 292 g/mol. The monoisotopic (exact) mass is 292 g/mol. The Morgan fingerprint density at radius 2 is 2.05 bits per heavy atom. The van der Waals surface area contributed by atoms with Crippen LogP contribution >= 0.6 is 0 Å². The third-order valence-electron chi connectivity index (χ3n) is 3.78. The number of amides is 1. The van der Waals surface area contributed by atoms with E-state index in [9.17, 15) is 18.7 Å². The van der Waals surface area contributed by atoms with Crippen molar-refractivity contribution in [3.8, 4) is 0 Å². The second-order valence-corrected chi connectivity index (χ2v) is 6.45. The van der Waals surface area contributed by atoms with E-state index in [1.54, 1.807) is 20.8 Å². The van der Waals surface area contributed by atoms with Crippen LogP contribution in [0.1, 0.15) is 33.6 Å². The highest BCUT2D eigenvalue weighted by atomic mass is 19.3. The van der Waals surface area contributed by atoms with E-state index in [-0.39, 0.29) is 6.04 Å². The molecule has 2 bridgehead atoms. The van der Waals surface area contributed by atoms with Crippen molar-refractivity contribution in [1.82, 2.24) is 10.2 Å². The molecule has 2 heterocycles. The third kappa shape index (κ3) is 3.03. The van der Waals surface area contributed by atoms with Crippen LogP contribution in [0, 0.1) is 0 Å². The van der Waals surface area contributed by atoms with Gasteiger partial charge in [0, 0.05) is 12.6 Å². The van der Waals surface area contributed by atoms with Crippen LogP contribution in [0.3, 0.4) is 0 Å². The molecule has 0 aromatic carbocycles. The zero-order valence-corrected chi connectivity index (χ0v) is 12.0. The van der Waals surface area contributed by atoms with Gasteiger partial charge in [0.25, 0.3) is 6.43 Å². The maximum absolute atomic E-state index is 12.7. The molecule has 0 radical (unpaired) electrons. The van der Waals surface area contributed by atoms with Gasteiger partial charge in [0.1, 0.15) is 11.7 Å². The molecule has 0 aromatic heterocycles. The zero-order valence-electron chi connectivity index (χ0n) is 12.0. The number of nitrogens with one attached hydrogen (secondary N) is 1. The Labute approximate surface area is 117 Å². The molecule has 0 spiro atoms. The van der Waals surface area contributed by atoms with Crippen LogP contribution in [0.15, 0.2) is 0 Å². The fourth-order valence-corrected chi connectivity index (χ4v) is 2.98. The molecule has 7 heteroatoms. The molecule has 0 aromatic rings. The minimum Gasteiger partial charge on any atom is -0.444 e. The Balaban J connectivity index is 2.12. The predicted octanol–water partition coefficient (Wildman–Crippen LogP) is 1.35. The van der Waals surface area contributed by atoms with E-state index >= 15 is 0 Å². The van der Waals surface area contributed by atoms with Crippen LogP contribution in [0.2, 0.25) is 0 Å². The number of nitrogens with zero attached hydrogens (tertiary/aromatic N) is 1. The molecule has 2 rings (SSSR count). The number of aliphatic hydroxyl groups excluding tert-OH is 1. The van der Waals surface area contributed by atoms with Crippen LogP contribution in [-0.2, 0) is 4.74 Å². The van der Waals surface area contributed by atoms with Gasteiger partial charge in [-0.2, -0.15) is 0 Å². The molecular weight excluding hydrogens is 270 g/mol. The first-order chi connectivity index (χ1) is 9.20. The molecule has 4 atom stereocenters. The fourth-order valence-electron chi connectivity index (χ4n) is 2.98. The summed E-state index contributed by atoms with van der Waals surface area (Å²) < 4.78 is 30.8. The first-order valence-electron chi connectivity index (χ1n) is 6.91. The summed E-state index contributed by atoms with van der Waals surface area (Å²) in [6, 6.07) is -1.29. The van der Waals surface area contributed by atoms with E-state index in [2.05, 4.69) is 5.32 Å². The quantitative estimate of drug-likeness (QED) is 0.806. The number of hydrogen-bond acceptors (Lipinski definition) is 4. The molecule has 2 fully saturated rings. The van der Waals surface area contributed by atoms with E-state index in [1.165, 1.54) is 4.90 Å². The largest absolute Gasteiger partial charge is 0.444 e. The van der Waals surface area contributed by atoms with Gasteiger partial charge in [-0.3, -0.25) is 4.90 Å². The van der Waals surface area contributed by atoms with Gasteiger partial charge >= 0.3 is 6.09 Å². The Bertz CT molecular complexity index is 373. The Morgan fingerprint density at radius 3 is 2.60 bits per heavy atom. The average Bonchev–Trinajstić information content (AvgIpc) is 2.61. The molecule has 2 saturated heterocycles. The topological polar surface area (TPSA) is 61.8 Å². The van der Waals surface area contributed by atoms with E-state index in [0.717, 1.165) is 6.42 Å². The number of hydrogen-bond donors (Lipinski definition) is 2. The fraction of sp³-hybridized carbons (Fsp3) is 0.923. The Hall–Kier alpha value is -0.950. The Kier molecular flexibility index (Phi) is 4.20. The van der Waals surface area contributed by atoms with E-state index < -0.39 is 36.3 Å². The van der Waals surface area contributed by atoms with Gasteiger partial charge in [-0.25, -0.2) is 13.6 Å². The number of rotatable bonds is 2. The van der Waals surface area contributed by atoms with Crippen LogP contribution in [-0.4, -0.2) is 58.9 Å². The number of aliphatic hydroxyl groups is 1. The number of piperazine rings is 1. The summed E-state index contributed by atoms with van der Waals surface area (Å²) in [5.41, 5.74) is -0.627. The van der Waals surface area contributed by atoms with Crippen molar-refractivity contribution in [3.05, 3.63) is 0 Å². The molecule has 1 unspecified atom stereocenters. The number of alkyl halides is 2. The highest BCUT2D eigenvalue weighted by Gasteiger charge is 2.49. The van der Waals surface area contributed by atoms with Crippen molar-refractivity contribution in [3.63, 3.8) is 0 Å². The molecular formula is C13H22F2N2O3. The van der Waals surface area contributed by atoms with Crippen molar-refractivity contribution in [2.45, 2.75) is 69.9 Å². The summed E-state index contributed by atoms with van der Waals surface area (Å²) in [7, 11) is 0. The molecule has 0 saturated carbocycles. The van der Waals surface area contributed by atoms with Crippen LogP contribution < -0.4 is 5.32 Å². The lowest BCUT2D eigenvalue weighted by Gasteiger charge is -2.42. The summed E-state index contributed by atoms with van der Waals surface area (Å²) in [6.07, 6.45) is -3.75. The van der Waals surface area contributed by atoms with Crippen LogP contribution in [0.5, 0.6) is 0 Å². The van der Waals surface area contributed by atoms with Gasteiger partial charge in [0.2, 0.25) is 0 Å². The molecule has 0 aliphatic carbocycles. The maximum atomic E-state index is 12.7. The number of fused-ring (bicyclic) bond motifs is 2. The molecule has 5 nitrogen and oxygen atoms in total. The highest BCUT2D eigenvalue weighted by molar-refractivity contribution is 5.70. The van der Waals surface area contributed by atoms with Crippen LogP contribution in [0.25, 0.3) is 0 Å². The molecule has 1 amide bonds. The zero-order chi connectivity index (χ0) is 15.1. The standard InChI is InChI=1S/C13H22F2N2O3/c1-13(2,3)20-12(19)17-7-4-5-8(17)9(16-6-7)10(18)11(14)15/h7-11,16,18H,4-6H2,1-3H3/t7-,8+,9+,10?/m1/s1. The summed E-state index contributed by atoms with van der Waals surface area (Å²) in [4.78, 5) is 13.7. The lowest BCUT2D eigenvalue weighted by atomic mass is 9.99. The number of halogens is 2. The van der Waals surface area contributed by atoms with Gasteiger partial charge in [0.05, 0.1) is 12.1 Å². The molecule has 2 aliphatic heterocycles. The number of carbonyl (C=O) groups is 1. The van der Waals surface area contributed by atoms with Crippen molar-refractivity contribution < 1.29 is 23.4 Å². The van der Waals surface area contributed by atoms with Crippen molar-refractivity contribution in [1.29, 1.82) is 0 Å². The van der Waals surface area contributed by atoms with E-state index in [4.69, 9.17) is 4.74 Å². The Morgan fingerprint density at radius 1 is 1.40 bits per heavy atom. The summed E-state index contributed by atoms with van der Waals surface area (Å²) >= 11 is 0. The SMILES string of the molecule is CC(C)(C)OC(=O)N1[C@@H]2CC[C@H]1[C@@H](C(O)C(F)F)NC2. The first-order valence-corrected chi connectivity index (χ1v) is 6.91. The highest BCUT2D eigenvalue weighted by Crippen LogP contribution is 2.33.